The highest BCUT2D eigenvalue weighted by Crippen LogP contribution is 2.16. The Labute approximate surface area is 158 Å². The minimum Gasteiger partial charge on any atom is -0.467 e. The van der Waals surface area contributed by atoms with Gasteiger partial charge in [0.2, 0.25) is 5.91 Å². The van der Waals surface area contributed by atoms with Crippen molar-refractivity contribution in [1.29, 1.82) is 0 Å². The molecule has 7 nitrogen and oxygen atoms in total. The van der Waals surface area contributed by atoms with Crippen molar-refractivity contribution in [3.8, 4) is 0 Å². The number of rotatable bonds is 6. The molecule has 1 fully saturated rings. The van der Waals surface area contributed by atoms with Crippen LogP contribution in [-0.2, 0) is 16.1 Å². The van der Waals surface area contributed by atoms with Gasteiger partial charge in [-0.15, -0.1) is 0 Å². The number of carbonyl (C=O) groups excluding carboxylic acids is 2. The summed E-state index contributed by atoms with van der Waals surface area (Å²) in [6.07, 6.45) is 1.76. The van der Waals surface area contributed by atoms with E-state index in [1.807, 2.05) is 13.8 Å². The molecule has 1 aromatic heterocycles. The van der Waals surface area contributed by atoms with Crippen molar-refractivity contribution < 1.29 is 18.7 Å². The van der Waals surface area contributed by atoms with Crippen molar-refractivity contribution in [3.05, 3.63) is 54.0 Å². The van der Waals surface area contributed by atoms with Crippen LogP contribution in [0.15, 0.2) is 47.1 Å². The molecule has 0 aliphatic carbocycles. The molecule has 0 saturated carbocycles. The average molecular weight is 371 g/mol. The normalized spacial score (nSPS) is 20.2. The molecule has 7 heteroatoms. The van der Waals surface area contributed by atoms with Crippen LogP contribution in [0.3, 0.4) is 0 Å². The van der Waals surface area contributed by atoms with Gasteiger partial charge in [-0.25, -0.2) is 0 Å². The van der Waals surface area contributed by atoms with Crippen LogP contribution in [0.4, 0.5) is 5.69 Å². The van der Waals surface area contributed by atoms with E-state index in [-0.39, 0.29) is 37.1 Å². The van der Waals surface area contributed by atoms with Gasteiger partial charge in [0.1, 0.15) is 5.76 Å². The number of benzene rings is 1. The van der Waals surface area contributed by atoms with Crippen molar-refractivity contribution in [2.24, 2.45) is 0 Å². The van der Waals surface area contributed by atoms with Crippen LogP contribution >= 0.6 is 0 Å². The lowest BCUT2D eigenvalue weighted by Crippen LogP contribution is -2.48. The number of hydrogen-bond acceptors (Lipinski definition) is 5. The second-order valence-corrected chi connectivity index (χ2v) is 6.81. The van der Waals surface area contributed by atoms with E-state index in [2.05, 4.69) is 15.5 Å². The lowest BCUT2D eigenvalue weighted by molar-refractivity contribution is -0.121. The van der Waals surface area contributed by atoms with Crippen molar-refractivity contribution >= 4 is 17.5 Å². The summed E-state index contributed by atoms with van der Waals surface area (Å²) in [4.78, 5) is 27.0. The van der Waals surface area contributed by atoms with Crippen LogP contribution in [0.25, 0.3) is 0 Å². The molecule has 2 amide bonds. The van der Waals surface area contributed by atoms with E-state index >= 15 is 0 Å². The number of ether oxygens (including phenoxy) is 1. The van der Waals surface area contributed by atoms with Crippen molar-refractivity contribution in [3.63, 3.8) is 0 Å². The summed E-state index contributed by atoms with van der Waals surface area (Å²) in [7, 11) is 0. The molecule has 27 heavy (non-hydrogen) atoms. The van der Waals surface area contributed by atoms with Gasteiger partial charge < -0.3 is 19.8 Å². The van der Waals surface area contributed by atoms with Gasteiger partial charge in [-0.1, -0.05) is 12.1 Å². The zero-order valence-electron chi connectivity index (χ0n) is 15.6. The first-order chi connectivity index (χ1) is 13.0. The molecule has 0 spiro atoms. The first-order valence-corrected chi connectivity index (χ1v) is 9.08. The molecule has 0 radical (unpaired) electrons. The first kappa shape index (κ1) is 19.1. The Balaban J connectivity index is 1.59. The maximum atomic E-state index is 12.5. The monoisotopic (exact) mass is 371 g/mol. The quantitative estimate of drug-likeness (QED) is 0.814. The summed E-state index contributed by atoms with van der Waals surface area (Å²) in [6, 6.07) is 10.5. The Hall–Kier alpha value is -2.64. The number of nitrogens with one attached hydrogen (secondary N) is 2. The van der Waals surface area contributed by atoms with E-state index in [0.29, 0.717) is 30.1 Å². The summed E-state index contributed by atoms with van der Waals surface area (Å²) >= 11 is 0. The van der Waals surface area contributed by atoms with Crippen molar-refractivity contribution in [2.75, 3.05) is 25.0 Å². The van der Waals surface area contributed by atoms with Crippen LogP contribution in [-0.4, -0.2) is 48.6 Å². The highest BCUT2D eigenvalue weighted by Gasteiger charge is 2.24. The summed E-state index contributed by atoms with van der Waals surface area (Å²) < 4.78 is 10.9. The number of amides is 2. The summed E-state index contributed by atoms with van der Waals surface area (Å²) in [6.45, 7) is 5.97. The molecule has 1 aliphatic heterocycles. The van der Waals surface area contributed by atoms with Gasteiger partial charge in [0, 0.05) is 13.1 Å². The third-order valence-corrected chi connectivity index (χ3v) is 4.31. The van der Waals surface area contributed by atoms with Gasteiger partial charge in [-0.2, -0.15) is 0 Å². The predicted molar refractivity (Wildman–Crippen MR) is 101 cm³/mol. The number of morpholine rings is 1. The number of carbonyl (C=O) groups is 2. The fourth-order valence-corrected chi connectivity index (χ4v) is 3.27. The smallest absolute Gasteiger partial charge is 0.253 e. The summed E-state index contributed by atoms with van der Waals surface area (Å²) in [5.41, 5.74) is 0.912. The Morgan fingerprint density at radius 3 is 2.56 bits per heavy atom. The molecule has 2 atom stereocenters. The number of furan rings is 1. The largest absolute Gasteiger partial charge is 0.467 e. The Morgan fingerprint density at radius 2 is 1.85 bits per heavy atom. The molecular formula is C20H25N3O4. The molecule has 2 aromatic rings. The highest BCUT2D eigenvalue weighted by molar-refractivity contribution is 6.04. The van der Waals surface area contributed by atoms with Gasteiger partial charge in [0.25, 0.3) is 5.91 Å². The third kappa shape index (κ3) is 5.42. The summed E-state index contributed by atoms with van der Waals surface area (Å²) in [5.74, 6) is 0.249. The topological polar surface area (TPSA) is 83.8 Å². The SMILES string of the molecule is C[C@H]1CN(CC(=O)Nc2ccccc2C(=O)NCc2ccco2)C[C@H](C)O1. The van der Waals surface area contributed by atoms with E-state index in [4.69, 9.17) is 9.15 Å². The minimum atomic E-state index is -0.268. The fraction of sp³-hybridized carbons (Fsp3) is 0.400. The number of anilines is 1. The number of para-hydroxylation sites is 1. The maximum absolute atomic E-state index is 12.5. The van der Waals surface area contributed by atoms with Crippen molar-refractivity contribution in [1.82, 2.24) is 10.2 Å². The van der Waals surface area contributed by atoms with E-state index in [0.717, 1.165) is 0 Å². The van der Waals surface area contributed by atoms with Crippen LogP contribution < -0.4 is 10.6 Å². The molecule has 0 unspecified atom stereocenters. The van der Waals surface area contributed by atoms with E-state index in [9.17, 15) is 9.59 Å². The second-order valence-electron chi connectivity index (χ2n) is 6.81. The molecule has 3 rings (SSSR count). The lowest BCUT2D eigenvalue weighted by atomic mass is 10.1. The van der Waals surface area contributed by atoms with Gasteiger partial charge in [0.05, 0.1) is 42.8 Å². The van der Waals surface area contributed by atoms with Crippen LogP contribution in [0, 0.1) is 0 Å². The van der Waals surface area contributed by atoms with Crippen LogP contribution in [0.2, 0.25) is 0 Å². The van der Waals surface area contributed by atoms with E-state index in [1.54, 1.807) is 42.7 Å². The molecule has 144 valence electrons. The predicted octanol–water partition coefficient (Wildman–Crippen LogP) is 2.26. The standard InChI is InChI=1S/C20H25N3O4/c1-14-11-23(12-15(2)27-14)13-19(24)22-18-8-4-3-7-17(18)20(25)21-10-16-6-5-9-26-16/h3-9,14-15H,10-13H2,1-2H3,(H,21,25)(H,22,24)/t14-,15-/m0/s1. The molecule has 0 bridgehead atoms. The van der Waals surface area contributed by atoms with Gasteiger partial charge in [-0.05, 0) is 38.1 Å². The van der Waals surface area contributed by atoms with Crippen LogP contribution in [0.1, 0.15) is 30.0 Å². The number of nitrogens with zero attached hydrogens (tertiary/aromatic N) is 1. The Bertz CT molecular complexity index is 765. The molecule has 1 aliphatic rings. The molecule has 1 saturated heterocycles. The van der Waals surface area contributed by atoms with Crippen LogP contribution in [0.5, 0.6) is 0 Å². The van der Waals surface area contributed by atoms with Gasteiger partial charge in [-0.3, -0.25) is 14.5 Å². The molecule has 2 heterocycles. The zero-order chi connectivity index (χ0) is 19.2. The Morgan fingerprint density at radius 1 is 1.11 bits per heavy atom. The molecule has 2 N–H and O–H groups in total. The van der Waals surface area contributed by atoms with Gasteiger partial charge in [0.15, 0.2) is 0 Å². The molecule has 1 aromatic carbocycles. The summed E-state index contributed by atoms with van der Waals surface area (Å²) in [5, 5.41) is 5.65. The van der Waals surface area contributed by atoms with Gasteiger partial charge >= 0.3 is 0 Å². The highest BCUT2D eigenvalue weighted by atomic mass is 16.5. The lowest BCUT2D eigenvalue weighted by Gasteiger charge is -2.34. The maximum Gasteiger partial charge on any atom is 0.253 e. The van der Waals surface area contributed by atoms with E-state index in [1.165, 1.54) is 0 Å². The van der Waals surface area contributed by atoms with Crippen molar-refractivity contribution in [2.45, 2.75) is 32.6 Å². The molecular weight excluding hydrogens is 346 g/mol. The Kier molecular flexibility index (Phi) is 6.26. The minimum absolute atomic E-state index is 0.0983. The fourth-order valence-electron chi connectivity index (χ4n) is 3.27. The van der Waals surface area contributed by atoms with E-state index < -0.39 is 0 Å². The average Bonchev–Trinajstić information content (AvgIpc) is 3.12. The second kappa shape index (κ2) is 8.83. The zero-order valence-corrected chi connectivity index (χ0v) is 15.6. The first-order valence-electron chi connectivity index (χ1n) is 9.08. The number of hydrogen-bond donors (Lipinski definition) is 2. The third-order valence-electron chi connectivity index (χ3n) is 4.31.